The SMILES string of the molecule is CCN(C)/C(C)=C(/C)N(C)CC. The van der Waals surface area contributed by atoms with Crippen molar-refractivity contribution in [3.8, 4) is 0 Å². The van der Waals surface area contributed by atoms with Crippen LogP contribution in [0, 0.1) is 0 Å². The number of hydrogen-bond donors (Lipinski definition) is 0. The summed E-state index contributed by atoms with van der Waals surface area (Å²) in [5.41, 5.74) is 2.73. The Morgan fingerprint density at radius 1 is 0.833 bits per heavy atom. The Labute approximate surface area is 76.9 Å². The van der Waals surface area contributed by atoms with Crippen LogP contribution >= 0.6 is 0 Å². The van der Waals surface area contributed by atoms with Crippen molar-refractivity contribution in [2.45, 2.75) is 27.7 Å². The Kier molecular flexibility index (Phi) is 4.79. The summed E-state index contributed by atoms with van der Waals surface area (Å²) in [5, 5.41) is 0. The lowest BCUT2D eigenvalue weighted by Crippen LogP contribution is -2.23. The topological polar surface area (TPSA) is 6.48 Å². The molecular formula is C10H22N2. The molecule has 0 saturated heterocycles. The van der Waals surface area contributed by atoms with Crippen LogP contribution in [-0.4, -0.2) is 37.0 Å². The van der Waals surface area contributed by atoms with E-state index in [4.69, 9.17) is 0 Å². The molecule has 0 aromatic heterocycles. The van der Waals surface area contributed by atoms with Crippen LogP contribution in [0.1, 0.15) is 27.7 Å². The second kappa shape index (κ2) is 5.07. The summed E-state index contributed by atoms with van der Waals surface area (Å²) in [7, 11) is 4.25. The number of hydrogen-bond acceptors (Lipinski definition) is 2. The van der Waals surface area contributed by atoms with Gasteiger partial charge in [0.2, 0.25) is 0 Å². The molecule has 0 aliphatic carbocycles. The molecule has 0 aliphatic heterocycles. The maximum Gasteiger partial charge on any atom is 0.0290 e. The molecule has 0 fully saturated rings. The number of allylic oxidation sites excluding steroid dienone is 2. The second-order valence-electron chi connectivity index (χ2n) is 3.20. The van der Waals surface area contributed by atoms with Crippen molar-refractivity contribution in [2.75, 3.05) is 27.2 Å². The van der Waals surface area contributed by atoms with Gasteiger partial charge in [-0.2, -0.15) is 0 Å². The fourth-order valence-electron chi connectivity index (χ4n) is 1.03. The minimum atomic E-state index is 1.07. The number of rotatable bonds is 4. The zero-order valence-electron chi connectivity index (χ0n) is 9.31. The Balaban J connectivity index is 4.44. The highest BCUT2D eigenvalue weighted by atomic mass is 15.2. The van der Waals surface area contributed by atoms with Crippen molar-refractivity contribution in [3.63, 3.8) is 0 Å². The molecule has 0 aromatic rings. The van der Waals surface area contributed by atoms with Crippen LogP contribution in [0.15, 0.2) is 11.4 Å². The van der Waals surface area contributed by atoms with E-state index in [2.05, 4.69) is 51.6 Å². The van der Waals surface area contributed by atoms with Gasteiger partial charge in [-0.25, -0.2) is 0 Å². The first-order valence-electron chi connectivity index (χ1n) is 4.64. The lowest BCUT2D eigenvalue weighted by Gasteiger charge is -2.25. The van der Waals surface area contributed by atoms with E-state index in [-0.39, 0.29) is 0 Å². The van der Waals surface area contributed by atoms with E-state index in [1.54, 1.807) is 0 Å². The van der Waals surface area contributed by atoms with E-state index in [1.165, 1.54) is 11.4 Å². The fraction of sp³-hybridized carbons (Fsp3) is 0.800. The molecule has 0 rings (SSSR count). The van der Waals surface area contributed by atoms with Gasteiger partial charge in [0.05, 0.1) is 0 Å². The Morgan fingerprint density at radius 2 is 1.08 bits per heavy atom. The summed E-state index contributed by atoms with van der Waals surface area (Å²) in [6.07, 6.45) is 0. The number of nitrogens with zero attached hydrogens (tertiary/aromatic N) is 2. The van der Waals surface area contributed by atoms with Gasteiger partial charge < -0.3 is 9.80 Å². The standard InChI is InChI=1S/C10H22N2/c1-7-11(5)9(3)10(4)12(6)8-2/h7-8H2,1-6H3/b10-9-. The van der Waals surface area contributed by atoms with Crippen LogP contribution in [0.4, 0.5) is 0 Å². The van der Waals surface area contributed by atoms with Crippen molar-refractivity contribution in [1.82, 2.24) is 9.80 Å². The van der Waals surface area contributed by atoms with Crippen molar-refractivity contribution < 1.29 is 0 Å². The molecule has 2 nitrogen and oxygen atoms in total. The summed E-state index contributed by atoms with van der Waals surface area (Å²) >= 11 is 0. The second-order valence-corrected chi connectivity index (χ2v) is 3.20. The zero-order valence-corrected chi connectivity index (χ0v) is 9.31. The van der Waals surface area contributed by atoms with Crippen LogP contribution in [0.3, 0.4) is 0 Å². The average molecular weight is 170 g/mol. The molecule has 0 unspecified atom stereocenters. The highest BCUT2D eigenvalue weighted by molar-refractivity contribution is 5.06. The molecule has 0 spiro atoms. The van der Waals surface area contributed by atoms with Gasteiger partial charge in [0.1, 0.15) is 0 Å². The van der Waals surface area contributed by atoms with Gasteiger partial charge in [0.15, 0.2) is 0 Å². The average Bonchev–Trinajstić information content (AvgIpc) is 2.12. The molecule has 0 N–H and O–H groups in total. The highest BCUT2D eigenvalue weighted by Crippen LogP contribution is 2.09. The summed E-state index contributed by atoms with van der Waals surface area (Å²) in [5.74, 6) is 0. The molecule has 0 heterocycles. The van der Waals surface area contributed by atoms with Crippen LogP contribution in [0.25, 0.3) is 0 Å². The van der Waals surface area contributed by atoms with Crippen LogP contribution in [0.5, 0.6) is 0 Å². The molecule has 0 amide bonds. The van der Waals surface area contributed by atoms with Gasteiger partial charge in [-0.15, -0.1) is 0 Å². The van der Waals surface area contributed by atoms with Crippen molar-refractivity contribution in [1.29, 1.82) is 0 Å². The molecular weight excluding hydrogens is 148 g/mol. The van der Waals surface area contributed by atoms with Crippen molar-refractivity contribution in [2.24, 2.45) is 0 Å². The molecule has 0 atom stereocenters. The molecule has 2 heteroatoms. The third-order valence-electron chi connectivity index (χ3n) is 2.62. The Bertz CT molecular complexity index is 143. The predicted octanol–water partition coefficient (Wildman–Crippen LogP) is 2.14. The monoisotopic (exact) mass is 170 g/mol. The normalized spacial score (nSPS) is 12.5. The zero-order chi connectivity index (χ0) is 9.72. The first-order valence-corrected chi connectivity index (χ1v) is 4.64. The third kappa shape index (κ3) is 2.76. The van der Waals surface area contributed by atoms with Gasteiger partial charge in [0, 0.05) is 38.6 Å². The molecule has 12 heavy (non-hydrogen) atoms. The summed E-state index contributed by atoms with van der Waals surface area (Å²) in [6, 6.07) is 0. The van der Waals surface area contributed by atoms with Gasteiger partial charge in [0.25, 0.3) is 0 Å². The molecule has 0 aromatic carbocycles. The van der Waals surface area contributed by atoms with Crippen LogP contribution in [-0.2, 0) is 0 Å². The maximum atomic E-state index is 2.27. The van der Waals surface area contributed by atoms with Crippen molar-refractivity contribution >= 4 is 0 Å². The third-order valence-corrected chi connectivity index (χ3v) is 2.62. The lowest BCUT2D eigenvalue weighted by atomic mass is 10.3. The van der Waals surface area contributed by atoms with Crippen LogP contribution in [0.2, 0.25) is 0 Å². The van der Waals surface area contributed by atoms with Crippen molar-refractivity contribution in [3.05, 3.63) is 11.4 Å². The fourth-order valence-corrected chi connectivity index (χ4v) is 1.03. The van der Waals surface area contributed by atoms with E-state index in [1.807, 2.05) is 0 Å². The van der Waals surface area contributed by atoms with E-state index in [0.717, 1.165) is 13.1 Å². The lowest BCUT2D eigenvalue weighted by molar-refractivity contribution is 0.381. The van der Waals surface area contributed by atoms with Gasteiger partial charge in [-0.1, -0.05) is 0 Å². The van der Waals surface area contributed by atoms with Gasteiger partial charge in [-0.3, -0.25) is 0 Å². The first kappa shape index (κ1) is 11.3. The summed E-state index contributed by atoms with van der Waals surface area (Å²) in [4.78, 5) is 4.53. The highest BCUT2D eigenvalue weighted by Gasteiger charge is 2.03. The quantitative estimate of drug-likeness (QED) is 0.638. The maximum absolute atomic E-state index is 2.27. The minimum Gasteiger partial charge on any atom is -0.377 e. The molecule has 0 aliphatic rings. The predicted molar refractivity (Wildman–Crippen MR) is 55.0 cm³/mol. The van der Waals surface area contributed by atoms with E-state index in [9.17, 15) is 0 Å². The van der Waals surface area contributed by atoms with Gasteiger partial charge >= 0.3 is 0 Å². The van der Waals surface area contributed by atoms with E-state index in [0.29, 0.717) is 0 Å². The Morgan fingerprint density at radius 3 is 1.25 bits per heavy atom. The molecule has 0 bridgehead atoms. The smallest absolute Gasteiger partial charge is 0.0290 e. The van der Waals surface area contributed by atoms with Gasteiger partial charge in [-0.05, 0) is 27.7 Å². The molecule has 0 saturated carbocycles. The minimum absolute atomic E-state index is 1.07. The first-order chi connectivity index (χ1) is 5.54. The van der Waals surface area contributed by atoms with Crippen LogP contribution < -0.4 is 0 Å². The molecule has 72 valence electrons. The molecule has 0 radical (unpaired) electrons. The summed E-state index contributed by atoms with van der Waals surface area (Å²) < 4.78 is 0. The Hall–Kier alpha value is -0.660. The van der Waals surface area contributed by atoms with E-state index < -0.39 is 0 Å². The largest absolute Gasteiger partial charge is 0.377 e. The van der Waals surface area contributed by atoms with E-state index >= 15 is 0 Å². The summed E-state index contributed by atoms with van der Waals surface area (Å²) in [6.45, 7) is 10.8.